The van der Waals surface area contributed by atoms with Gasteiger partial charge in [-0.3, -0.25) is 9.48 Å². The number of carbonyl (C=O) groups excluding carboxylic acids is 1. The summed E-state index contributed by atoms with van der Waals surface area (Å²) in [5.41, 5.74) is 2.95. The van der Waals surface area contributed by atoms with Gasteiger partial charge >= 0.3 is 0 Å². The Labute approximate surface area is 130 Å². The van der Waals surface area contributed by atoms with Crippen molar-refractivity contribution in [3.8, 4) is 0 Å². The van der Waals surface area contributed by atoms with Gasteiger partial charge < -0.3 is 4.57 Å². The highest BCUT2D eigenvalue weighted by molar-refractivity contribution is 6.30. The second kappa shape index (κ2) is 6.48. The van der Waals surface area contributed by atoms with E-state index in [2.05, 4.69) is 30.4 Å². The van der Waals surface area contributed by atoms with E-state index >= 15 is 0 Å². The Morgan fingerprint density at radius 1 is 1.38 bits per heavy atom. The average molecular weight is 308 g/mol. The molecule has 0 aliphatic heterocycles. The molecule has 2 rings (SSSR count). The summed E-state index contributed by atoms with van der Waals surface area (Å²) in [5.74, 6) is 0.718. The van der Waals surface area contributed by atoms with Crippen LogP contribution in [0.1, 0.15) is 42.0 Å². The maximum Gasteiger partial charge on any atom is 0.186 e. The molecule has 0 amide bonds. The molecule has 0 radical (unpaired) electrons. The molecule has 0 saturated carbocycles. The molecule has 0 aliphatic carbocycles. The maximum absolute atomic E-state index is 12.4. The number of carbonyl (C=O) groups is 1. The third-order valence-electron chi connectivity index (χ3n) is 3.71. The van der Waals surface area contributed by atoms with Crippen molar-refractivity contribution in [3.63, 3.8) is 0 Å². The van der Waals surface area contributed by atoms with E-state index in [1.165, 1.54) is 0 Å². The van der Waals surface area contributed by atoms with Gasteiger partial charge in [0.2, 0.25) is 0 Å². The average Bonchev–Trinajstić information content (AvgIpc) is 2.92. The van der Waals surface area contributed by atoms with Gasteiger partial charge in [-0.05, 0) is 32.3 Å². The molecule has 0 fully saturated rings. The van der Waals surface area contributed by atoms with E-state index in [9.17, 15) is 4.79 Å². The lowest BCUT2D eigenvalue weighted by Crippen LogP contribution is -2.12. The number of hydrogen-bond acceptors (Lipinski definition) is 2. The van der Waals surface area contributed by atoms with Crippen LogP contribution in [0.4, 0.5) is 0 Å². The van der Waals surface area contributed by atoms with Crippen LogP contribution in [0.2, 0.25) is 5.02 Å². The van der Waals surface area contributed by atoms with Crippen LogP contribution in [0.15, 0.2) is 18.5 Å². The van der Waals surface area contributed by atoms with Crippen molar-refractivity contribution in [2.24, 2.45) is 5.92 Å². The third-order valence-corrected chi connectivity index (χ3v) is 3.91. The van der Waals surface area contributed by atoms with E-state index in [0.29, 0.717) is 10.9 Å². The lowest BCUT2D eigenvalue weighted by atomic mass is 10.1. The molecule has 114 valence electrons. The van der Waals surface area contributed by atoms with Crippen molar-refractivity contribution in [3.05, 3.63) is 40.4 Å². The maximum atomic E-state index is 12.4. The fourth-order valence-corrected chi connectivity index (χ4v) is 2.63. The van der Waals surface area contributed by atoms with Gasteiger partial charge in [0.25, 0.3) is 0 Å². The summed E-state index contributed by atoms with van der Waals surface area (Å²) in [6, 6.07) is 1.98. The van der Waals surface area contributed by atoms with Crippen molar-refractivity contribution >= 4 is 17.4 Å². The molecule has 0 spiro atoms. The van der Waals surface area contributed by atoms with E-state index in [1.54, 1.807) is 17.1 Å². The molecule has 0 unspecified atom stereocenters. The smallest absolute Gasteiger partial charge is 0.186 e. The molecule has 2 aromatic heterocycles. The number of hydrogen-bond donors (Lipinski definition) is 0. The molecule has 5 heteroatoms. The minimum absolute atomic E-state index is 0.0682. The first-order valence-corrected chi connectivity index (χ1v) is 7.64. The van der Waals surface area contributed by atoms with E-state index in [1.807, 2.05) is 13.0 Å². The van der Waals surface area contributed by atoms with Crippen LogP contribution in [-0.4, -0.2) is 20.1 Å². The second-order valence-electron chi connectivity index (χ2n) is 5.90. The zero-order valence-corrected chi connectivity index (χ0v) is 13.8. The summed E-state index contributed by atoms with van der Waals surface area (Å²) in [6.45, 7) is 9.66. The zero-order chi connectivity index (χ0) is 15.6. The first kappa shape index (κ1) is 15.8. The molecule has 21 heavy (non-hydrogen) atoms. The third kappa shape index (κ3) is 3.76. The quantitative estimate of drug-likeness (QED) is 0.760. The Bertz CT molecular complexity index is 640. The summed E-state index contributed by atoms with van der Waals surface area (Å²) in [4.78, 5) is 12.4. The summed E-state index contributed by atoms with van der Waals surface area (Å²) < 4.78 is 3.80. The fraction of sp³-hybridized carbons (Fsp3) is 0.500. The number of nitrogens with zero attached hydrogens (tertiary/aromatic N) is 3. The van der Waals surface area contributed by atoms with Gasteiger partial charge in [-0.2, -0.15) is 5.10 Å². The number of aryl methyl sites for hydroxylation is 1. The van der Waals surface area contributed by atoms with Crippen molar-refractivity contribution in [1.29, 1.82) is 0 Å². The molecule has 0 aliphatic rings. The van der Waals surface area contributed by atoms with Gasteiger partial charge in [0, 0.05) is 29.7 Å². The molecule has 0 N–H and O–H groups in total. The van der Waals surface area contributed by atoms with Crippen LogP contribution in [0, 0.1) is 19.8 Å². The van der Waals surface area contributed by atoms with Crippen LogP contribution < -0.4 is 0 Å². The van der Waals surface area contributed by atoms with Gasteiger partial charge in [0.15, 0.2) is 5.78 Å². The largest absolute Gasteiger partial charge is 0.348 e. The van der Waals surface area contributed by atoms with Crippen LogP contribution >= 0.6 is 11.6 Å². The first-order valence-electron chi connectivity index (χ1n) is 7.26. The predicted octanol–water partition coefficient (Wildman–Crippen LogP) is 3.88. The number of halogens is 1. The van der Waals surface area contributed by atoms with Crippen molar-refractivity contribution in [2.45, 2.75) is 47.2 Å². The Balaban J connectivity index is 2.16. The minimum Gasteiger partial charge on any atom is -0.348 e. The van der Waals surface area contributed by atoms with Crippen LogP contribution in [0.3, 0.4) is 0 Å². The summed E-state index contributed by atoms with van der Waals surface area (Å²) in [5, 5.41) is 4.60. The topological polar surface area (TPSA) is 39.8 Å². The van der Waals surface area contributed by atoms with Gasteiger partial charge in [-0.1, -0.05) is 25.4 Å². The van der Waals surface area contributed by atoms with Gasteiger partial charge in [0.05, 0.1) is 11.2 Å². The molecule has 2 heterocycles. The number of Topliss-reactive ketones (excluding diaryl/α,β-unsaturated/α-hetero) is 1. The predicted molar refractivity (Wildman–Crippen MR) is 84.9 cm³/mol. The fourth-order valence-electron chi connectivity index (χ4n) is 2.47. The second-order valence-corrected chi connectivity index (χ2v) is 6.33. The Hall–Kier alpha value is -1.55. The van der Waals surface area contributed by atoms with Crippen molar-refractivity contribution in [1.82, 2.24) is 14.3 Å². The highest BCUT2D eigenvalue weighted by Gasteiger charge is 2.16. The highest BCUT2D eigenvalue weighted by Crippen LogP contribution is 2.18. The van der Waals surface area contributed by atoms with Gasteiger partial charge in [-0.15, -0.1) is 0 Å². The SMILES string of the molecule is Cc1cc(C(=O)Cn2cc(Cl)cn2)c(C)n1CCC(C)C. The van der Waals surface area contributed by atoms with Crippen LogP contribution in [-0.2, 0) is 13.1 Å². The van der Waals surface area contributed by atoms with Crippen molar-refractivity contribution in [2.75, 3.05) is 0 Å². The lowest BCUT2D eigenvalue weighted by molar-refractivity contribution is 0.0967. The van der Waals surface area contributed by atoms with Gasteiger partial charge in [0.1, 0.15) is 6.54 Å². The normalized spacial score (nSPS) is 11.3. The van der Waals surface area contributed by atoms with E-state index in [-0.39, 0.29) is 12.3 Å². The van der Waals surface area contributed by atoms with Gasteiger partial charge in [-0.25, -0.2) is 0 Å². The monoisotopic (exact) mass is 307 g/mol. The first-order chi connectivity index (χ1) is 9.88. The Kier molecular flexibility index (Phi) is 4.88. The summed E-state index contributed by atoms with van der Waals surface area (Å²) in [7, 11) is 0. The molecule has 4 nitrogen and oxygen atoms in total. The number of aromatic nitrogens is 3. The number of rotatable bonds is 6. The van der Waals surface area contributed by atoms with E-state index in [0.717, 1.165) is 29.9 Å². The molecule has 0 aromatic carbocycles. The highest BCUT2D eigenvalue weighted by atomic mass is 35.5. The van der Waals surface area contributed by atoms with E-state index < -0.39 is 0 Å². The molecular formula is C16H22ClN3O. The van der Waals surface area contributed by atoms with Crippen molar-refractivity contribution < 1.29 is 4.79 Å². The van der Waals surface area contributed by atoms with E-state index in [4.69, 9.17) is 11.6 Å². The number of ketones is 1. The standard InChI is InChI=1S/C16H22ClN3O/c1-11(2)5-6-20-12(3)7-15(13(20)4)16(21)10-19-9-14(17)8-18-19/h7-9,11H,5-6,10H2,1-4H3. The van der Waals surface area contributed by atoms with Crippen LogP contribution in [0.25, 0.3) is 0 Å². The molecule has 0 atom stereocenters. The molecule has 2 aromatic rings. The Morgan fingerprint density at radius 3 is 2.67 bits per heavy atom. The Morgan fingerprint density at radius 2 is 2.10 bits per heavy atom. The summed E-state index contributed by atoms with van der Waals surface area (Å²) in [6.07, 6.45) is 4.32. The lowest BCUT2D eigenvalue weighted by Gasteiger charge is -2.11. The summed E-state index contributed by atoms with van der Waals surface area (Å²) >= 11 is 5.82. The molecule has 0 saturated heterocycles. The van der Waals surface area contributed by atoms with Crippen LogP contribution in [0.5, 0.6) is 0 Å². The minimum atomic E-state index is 0.0682. The molecular weight excluding hydrogens is 286 g/mol. The zero-order valence-electron chi connectivity index (χ0n) is 13.1. The molecule has 0 bridgehead atoms.